The highest BCUT2D eigenvalue weighted by atomic mass is 16.5. The van der Waals surface area contributed by atoms with Crippen LogP contribution in [0.3, 0.4) is 0 Å². The molecule has 0 bridgehead atoms. The van der Waals surface area contributed by atoms with Crippen LogP contribution in [0.1, 0.15) is 28.8 Å². The average molecular weight is 275 g/mol. The number of hydrogen-bond donors (Lipinski definition) is 1. The second kappa shape index (κ2) is 7.10. The van der Waals surface area contributed by atoms with Crippen LogP contribution in [0, 0.1) is 0 Å². The lowest BCUT2D eigenvalue weighted by Gasteiger charge is -2.12. The van der Waals surface area contributed by atoms with Crippen LogP contribution in [0.4, 0.5) is 0 Å². The third kappa shape index (κ3) is 3.61. The first-order valence-electron chi connectivity index (χ1n) is 6.92. The third-order valence-corrected chi connectivity index (χ3v) is 3.42. The summed E-state index contributed by atoms with van der Waals surface area (Å²) in [5.74, 6) is 0.703. The van der Waals surface area contributed by atoms with Crippen LogP contribution in [0.15, 0.2) is 30.9 Å². The Morgan fingerprint density at radius 2 is 2.45 bits per heavy atom. The van der Waals surface area contributed by atoms with E-state index in [-0.39, 0.29) is 12.0 Å². The van der Waals surface area contributed by atoms with E-state index in [9.17, 15) is 4.79 Å². The molecule has 0 spiro atoms. The minimum absolute atomic E-state index is 0.0755. The van der Waals surface area contributed by atoms with Crippen molar-refractivity contribution in [2.75, 3.05) is 20.3 Å². The number of benzene rings is 1. The van der Waals surface area contributed by atoms with Gasteiger partial charge in [-0.25, -0.2) is 0 Å². The highest BCUT2D eigenvalue weighted by Crippen LogP contribution is 2.21. The molecule has 1 aliphatic heterocycles. The Bertz CT molecular complexity index is 479. The van der Waals surface area contributed by atoms with Crippen molar-refractivity contribution >= 4 is 5.91 Å². The minimum atomic E-state index is -0.0755. The Hall–Kier alpha value is -1.81. The quantitative estimate of drug-likeness (QED) is 0.811. The van der Waals surface area contributed by atoms with E-state index in [4.69, 9.17) is 9.47 Å². The number of rotatable bonds is 6. The Morgan fingerprint density at radius 1 is 1.60 bits per heavy atom. The molecule has 1 atom stereocenters. The largest absolute Gasteiger partial charge is 0.496 e. The van der Waals surface area contributed by atoms with Crippen molar-refractivity contribution in [2.24, 2.45) is 0 Å². The summed E-state index contributed by atoms with van der Waals surface area (Å²) in [6.45, 7) is 5.09. The Labute approximate surface area is 119 Å². The van der Waals surface area contributed by atoms with Gasteiger partial charge in [0.25, 0.3) is 5.91 Å². The van der Waals surface area contributed by atoms with E-state index >= 15 is 0 Å². The molecule has 1 saturated heterocycles. The Kier molecular flexibility index (Phi) is 5.18. The molecule has 0 saturated carbocycles. The van der Waals surface area contributed by atoms with Crippen LogP contribution in [0.2, 0.25) is 0 Å². The highest BCUT2D eigenvalue weighted by Gasteiger charge is 2.17. The van der Waals surface area contributed by atoms with E-state index in [0.717, 1.165) is 30.8 Å². The lowest BCUT2D eigenvalue weighted by molar-refractivity contribution is 0.0857. The maximum atomic E-state index is 12.1. The van der Waals surface area contributed by atoms with E-state index in [0.29, 0.717) is 18.5 Å². The zero-order valence-corrected chi connectivity index (χ0v) is 11.9. The number of carbonyl (C=O) groups excluding carboxylic acids is 1. The van der Waals surface area contributed by atoms with Gasteiger partial charge in [-0.15, -0.1) is 6.58 Å². The molecule has 4 heteroatoms. The van der Waals surface area contributed by atoms with Crippen molar-refractivity contribution < 1.29 is 14.3 Å². The number of allylic oxidation sites excluding steroid dienone is 1. The van der Waals surface area contributed by atoms with Crippen molar-refractivity contribution in [3.63, 3.8) is 0 Å². The number of amides is 1. The fourth-order valence-corrected chi connectivity index (χ4v) is 2.35. The van der Waals surface area contributed by atoms with Crippen LogP contribution in [-0.2, 0) is 11.2 Å². The van der Waals surface area contributed by atoms with Crippen molar-refractivity contribution in [1.29, 1.82) is 0 Å². The van der Waals surface area contributed by atoms with Crippen LogP contribution in [0.5, 0.6) is 5.75 Å². The average Bonchev–Trinajstić information content (AvgIpc) is 2.98. The first-order valence-corrected chi connectivity index (χ1v) is 6.92. The first-order chi connectivity index (χ1) is 9.74. The molecule has 2 rings (SSSR count). The summed E-state index contributed by atoms with van der Waals surface area (Å²) in [6.07, 6.45) is 4.73. The summed E-state index contributed by atoms with van der Waals surface area (Å²) in [5.41, 5.74) is 1.60. The molecule has 1 fully saturated rings. The lowest BCUT2D eigenvalue weighted by Crippen LogP contribution is -2.31. The van der Waals surface area contributed by atoms with Crippen LogP contribution in [0.25, 0.3) is 0 Å². The molecule has 1 heterocycles. The predicted octanol–water partition coefficient (Wildman–Crippen LogP) is 2.33. The highest BCUT2D eigenvalue weighted by molar-refractivity contribution is 5.94. The van der Waals surface area contributed by atoms with Gasteiger partial charge in [0.2, 0.25) is 0 Å². The van der Waals surface area contributed by atoms with Gasteiger partial charge in [0.15, 0.2) is 0 Å². The summed E-state index contributed by atoms with van der Waals surface area (Å²) >= 11 is 0. The first kappa shape index (κ1) is 14.6. The molecule has 1 aromatic rings. The van der Waals surface area contributed by atoms with Crippen LogP contribution in [-0.4, -0.2) is 32.3 Å². The second-order valence-corrected chi connectivity index (χ2v) is 4.86. The maximum absolute atomic E-state index is 12.1. The van der Waals surface area contributed by atoms with E-state index in [2.05, 4.69) is 11.9 Å². The van der Waals surface area contributed by atoms with Gasteiger partial charge in [0.05, 0.1) is 13.2 Å². The van der Waals surface area contributed by atoms with Gasteiger partial charge < -0.3 is 14.8 Å². The van der Waals surface area contributed by atoms with E-state index in [1.54, 1.807) is 19.3 Å². The van der Waals surface area contributed by atoms with Gasteiger partial charge in [0, 0.05) is 18.7 Å². The van der Waals surface area contributed by atoms with Gasteiger partial charge in [-0.05, 0) is 43.0 Å². The molecule has 0 unspecified atom stereocenters. The number of methoxy groups -OCH3 is 1. The van der Waals surface area contributed by atoms with Crippen LogP contribution < -0.4 is 10.1 Å². The number of nitrogens with one attached hydrogen (secondary N) is 1. The number of ether oxygens (including phenoxy) is 2. The summed E-state index contributed by atoms with van der Waals surface area (Å²) in [4.78, 5) is 12.1. The van der Waals surface area contributed by atoms with Crippen molar-refractivity contribution in [3.05, 3.63) is 42.0 Å². The van der Waals surface area contributed by atoms with E-state index < -0.39 is 0 Å². The predicted molar refractivity (Wildman–Crippen MR) is 78.2 cm³/mol. The summed E-state index contributed by atoms with van der Waals surface area (Å²) in [5, 5.41) is 2.92. The zero-order valence-electron chi connectivity index (χ0n) is 11.9. The molecule has 0 aliphatic carbocycles. The standard InChI is InChI=1S/C16H21NO3/c1-3-5-12-10-13(7-8-15(12)19-2)16(18)17-11-14-6-4-9-20-14/h3,7-8,10,14H,1,4-6,9,11H2,2H3,(H,17,18)/t14-/m0/s1. The molecule has 0 aromatic heterocycles. The molecular weight excluding hydrogens is 254 g/mol. The third-order valence-electron chi connectivity index (χ3n) is 3.42. The maximum Gasteiger partial charge on any atom is 0.251 e. The fraction of sp³-hybridized carbons (Fsp3) is 0.438. The van der Waals surface area contributed by atoms with E-state index in [1.165, 1.54) is 0 Å². The molecule has 20 heavy (non-hydrogen) atoms. The van der Waals surface area contributed by atoms with Crippen molar-refractivity contribution in [3.8, 4) is 5.75 Å². The van der Waals surface area contributed by atoms with Gasteiger partial charge in [-0.2, -0.15) is 0 Å². The normalized spacial score (nSPS) is 17.8. The second-order valence-electron chi connectivity index (χ2n) is 4.86. The Morgan fingerprint density at radius 3 is 3.10 bits per heavy atom. The topological polar surface area (TPSA) is 47.6 Å². The summed E-state index contributed by atoms with van der Waals surface area (Å²) in [7, 11) is 1.62. The molecule has 1 N–H and O–H groups in total. The molecule has 1 aliphatic rings. The SMILES string of the molecule is C=CCc1cc(C(=O)NC[C@@H]2CCCO2)ccc1OC. The smallest absolute Gasteiger partial charge is 0.251 e. The molecule has 1 amide bonds. The van der Waals surface area contributed by atoms with Gasteiger partial charge in [0.1, 0.15) is 5.75 Å². The zero-order chi connectivity index (χ0) is 14.4. The fourth-order valence-electron chi connectivity index (χ4n) is 2.35. The van der Waals surface area contributed by atoms with Crippen LogP contribution >= 0.6 is 0 Å². The summed E-state index contributed by atoms with van der Waals surface area (Å²) < 4.78 is 10.8. The number of carbonyl (C=O) groups is 1. The van der Waals surface area contributed by atoms with Gasteiger partial charge in [-0.3, -0.25) is 4.79 Å². The molecule has 4 nitrogen and oxygen atoms in total. The van der Waals surface area contributed by atoms with E-state index in [1.807, 2.05) is 12.1 Å². The number of hydrogen-bond acceptors (Lipinski definition) is 3. The van der Waals surface area contributed by atoms with Crippen molar-refractivity contribution in [1.82, 2.24) is 5.32 Å². The molecular formula is C16H21NO3. The monoisotopic (exact) mass is 275 g/mol. The minimum Gasteiger partial charge on any atom is -0.496 e. The van der Waals surface area contributed by atoms with Gasteiger partial charge >= 0.3 is 0 Å². The van der Waals surface area contributed by atoms with Gasteiger partial charge in [-0.1, -0.05) is 6.08 Å². The summed E-state index contributed by atoms with van der Waals surface area (Å²) in [6, 6.07) is 5.45. The molecule has 108 valence electrons. The molecule has 0 radical (unpaired) electrons. The van der Waals surface area contributed by atoms with Crippen molar-refractivity contribution in [2.45, 2.75) is 25.4 Å². The molecule has 1 aromatic carbocycles. The Balaban J connectivity index is 2.01. The lowest BCUT2D eigenvalue weighted by atomic mass is 10.1.